The van der Waals surface area contributed by atoms with Gasteiger partial charge in [0, 0.05) is 24.8 Å². The van der Waals surface area contributed by atoms with Gasteiger partial charge in [0.1, 0.15) is 5.69 Å². The Morgan fingerprint density at radius 2 is 1.86 bits per heavy atom. The number of hydrogen-bond donors (Lipinski definition) is 2. The molecular formula is C16H28ClN3O2. The van der Waals surface area contributed by atoms with E-state index in [1.54, 1.807) is 11.9 Å². The van der Waals surface area contributed by atoms with Crippen LogP contribution in [-0.4, -0.2) is 41.7 Å². The zero-order valence-electron chi connectivity index (χ0n) is 14.4. The molecule has 3 N–H and O–H groups in total. The van der Waals surface area contributed by atoms with E-state index in [2.05, 4.69) is 4.98 Å². The number of Topliss-reactive ketones (excluding diaryl/α,β-unsaturated/α-hetero) is 1. The van der Waals surface area contributed by atoms with Gasteiger partial charge in [0.05, 0.1) is 0 Å². The predicted molar refractivity (Wildman–Crippen MR) is 92.0 cm³/mol. The number of nitrogens with one attached hydrogen (secondary N) is 1. The van der Waals surface area contributed by atoms with E-state index in [0.29, 0.717) is 30.8 Å². The number of aromatic nitrogens is 1. The van der Waals surface area contributed by atoms with E-state index < -0.39 is 0 Å². The van der Waals surface area contributed by atoms with Gasteiger partial charge >= 0.3 is 0 Å². The second-order valence-corrected chi connectivity index (χ2v) is 6.42. The average Bonchev–Trinajstić information content (AvgIpc) is 2.73. The van der Waals surface area contributed by atoms with Crippen LogP contribution in [0.3, 0.4) is 0 Å². The maximum atomic E-state index is 12.6. The number of halogens is 1. The van der Waals surface area contributed by atoms with Gasteiger partial charge in [-0.2, -0.15) is 0 Å². The van der Waals surface area contributed by atoms with Gasteiger partial charge in [-0.15, -0.1) is 12.4 Å². The van der Waals surface area contributed by atoms with E-state index in [0.717, 1.165) is 11.3 Å². The Balaban J connectivity index is 0.00000441. The maximum Gasteiger partial charge on any atom is 0.270 e. The van der Waals surface area contributed by atoms with Gasteiger partial charge in [-0.1, -0.05) is 20.8 Å². The number of carbonyl (C=O) groups is 2. The molecule has 0 atom stereocenters. The lowest BCUT2D eigenvalue weighted by molar-refractivity contribution is 0.0734. The summed E-state index contributed by atoms with van der Waals surface area (Å²) in [6.45, 7) is 10.4. The minimum atomic E-state index is -0.137. The molecule has 0 unspecified atom stereocenters. The summed E-state index contributed by atoms with van der Waals surface area (Å²) in [6, 6.07) is 0. The summed E-state index contributed by atoms with van der Waals surface area (Å²) in [6.07, 6.45) is 0.647. The van der Waals surface area contributed by atoms with E-state index in [-0.39, 0.29) is 29.5 Å². The first-order chi connectivity index (χ1) is 9.64. The zero-order valence-corrected chi connectivity index (χ0v) is 15.2. The van der Waals surface area contributed by atoms with Crippen LogP contribution in [0.15, 0.2) is 0 Å². The summed E-state index contributed by atoms with van der Waals surface area (Å²) < 4.78 is 0. The molecule has 22 heavy (non-hydrogen) atoms. The van der Waals surface area contributed by atoms with Crippen molar-refractivity contribution >= 4 is 24.1 Å². The molecule has 6 heteroatoms. The minimum absolute atomic E-state index is 0. The molecule has 0 aliphatic heterocycles. The zero-order chi connectivity index (χ0) is 16.4. The third-order valence-corrected chi connectivity index (χ3v) is 3.78. The standard InChI is InChI=1S/C16H27N3O2.ClH/c1-7-12-13(11(3)20)10(2)18-14(12)15(21)19(6)9-16(4,5)8-17;/h18H,7-9,17H2,1-6H3;1H. The Kier molecular flexibility index (Phi) is 7.32. The lowest BCUT2D eigenvalue weighted by atomic mass is 9.93. The van der Waals surface area contributed by atoms with Crippen molar-refractivity contribution < 1.29 is 9.59 Å². The molecule has 1 heterocycles. The molecule has 1 amide bonds. The highest BCUT2D eigenvalue weighted by molar-refractivity contribution is 6.02. The van der Waals surface area contributed by atoms with Gasteiger partial charge in [0.15, 0.2) is 5.78 Å². The van der Waals surface area contributed by atoms with Crippen LogP contribution >= 0.6 is 12.4 Å². The lowest BCUT2D eigenvalue weighted by Gasteiger charge is -2.29. The number of rotatable bonds is 6. The Morgan fingerprint density at radius 1 is 1.32 bits per heavy atom. The molecule has 0 saturated carbocycles. The Morgan fingerprint density at radius 3 is 2.27 bits per heavy atom. The highest BCUT2D eigenvalue weighted by Crippen LogP contribution is 2.23. The van der Waals surface area contributed by atoms with Crippen molar-refractivity contribution in [1.29, 1.82) is 0 Å². The summed E-state index contributed by atoms with van der Waals surface area (Å²) >= 11 is 0. The van der Waals surface area contributed by atoms with Gasteiger partial charge in [0.2, 0.25) is 0 Å². The van der Waals surface area contributed by atoms with Gasteiger partial charge < -0.3 is 15.6 Å². The molecule has 0 aromatic carbocycles. The maximum absolute atomic E-state index is 12.6. The van der Waals surface area contributed by atoms with Crippen molar-refractivity contribution in [2.45, 2.75) is 41.0 Å². The van der Waals surface area contributed by atoms with E-state index in [9.17, 15) is 9.59 Å². The van der Waals surface area contributed by atoms with E-state index in [1.807, 2.05) is 27.7 Å². The largest absolute Gasteiger partial charge is 0.354 e. The molecule has 0 aliphatic rings. The number of nitrogens with two attached hydrogens (primary N) is 1. The molecule has 0 saturated heterocycles. The summed E-state index contributed by atoms with van der Waals surface area (Å²) in [5, 5.41) is 0. The second kappa shape index (κ2) is 7.79. The molecule has 1 aromatic rings. The van der Waals surface area contributed by atoms with Crippen LogP contribution in [0.1, 0.15) is 59.8 Å². The van der Waals surface area contributed by atoms with E-state index >= 15 is 0 Å². The number of ketones is 1. The van der Waals surface area contributed by atoms with Crippen LogP contribution < -0.4 is 5.73 Å². The number of aryl methyl sites for hydroxylation is 1. The summed E-state index contributed by atoms with van der Waals surface area (Å²) in [7, 11) is 1.77. The van der Waals surface area contributed by atoms with Crippen LogP contribution in [-0.2, 0) is 6.42 Å². The van der Waals surface area contributed by atoms with Gasteiger partial charge in [0.25, 0.3) is 5.91 Å². The fourth-order valence-corrected chi connectivity index (χ4v) is 2.66. The fourth-order valence-electron chi connectivity index (χ4n) is 2.66. The van der Waals surface area contributed by atoms with E-state index in [4.69, 9.17) is 5.73 Å². The van der Waals surface area contributed by atoms with Gasteiger partial charge in [-0.05, 0) is 37.8 Å². The van der Waals surface area contributed by atoms with Gasteiger partial charge in [-0.3, -0.25) is 9.59 Å². The molecule has 126 valence electrons. The molecule has 0 aliphatic carbocycles. The first kappa shape index (κ1) is 20.7. The van der Waals surface area contributed by atoms with Crippen LogP contribution in [0, 0.1) is 12.3 Å². The first-order valence-electron chi connectivity index (χ1n) is 7.32. The first-order valence-corrected chi connectivity index (χ1v) is 7.32. The van der Waals surface area contributed by atoms with Crippen molar-refractivity contribution in [3.63, 3.8) is 0 Å². The van der Waals surface area contributed by atoms with Crippen molar-refractivity contribution in [3.8, 4) is 0 Å². The summed E-state index contributed by atoms with van der Waals surface area (Å²) in [5.74, 6) is -0.103. The predicted octanol–water partition coefficient (Wildman–Crippen LogP) is 2.57. The molecular weight excluding hydrogens is 302 g/mol. The van der Waals surface area contributed by atoms with Crippen LogP contribution in [0.2, 0.25) is 0 Å². The number of carbonyl (C=O) groups excluding carboxylic acids is 2. The quantitative estimate of drug-likeness (QED) is 0.787. The molecule has 1 aromatic heterocycles. The molecule has 0 bridgehead atoms. The fraction of sp³-hybridized carbons (Fsp3) is 0.625. The number of H-pyrrole nitrogens is 1. The molecule has 0 radical (unpaired) electrons. The number of amides is 1. The SMILES string of the molecule is CCc1c(C(=O)N(C)CC(C)(C)CN)[nH]c(C)c1C(C)=O.Cl. The smallest absolute Gasteiger partial charge is 0.270 e. The highest BCUT2D eigenvalue weighted by atomic mass is 35.5. The topological polar surface area (TPSA) is 79.2 Å². The lowest BCUT2D eigenvalue weighted by Crippen LogP contribution is -2.40. The van der Waals surface area contributed by atoms with Crippen molar-refractivity contribution in [1.82, 2.24) is 9.88 Å². The van der Waals surface area contributed by atoms with Crippen molar-refractivity contribution in [2.75, 3.05) is 20.1 Å². The third kappa shape index (κ3) is 4.34. The molecule has 0 fully saturated rings. The van der Waals surface area contributed by atoms with Gasteiger partial charge in [-0.25, -0.2) is 0 Å². The van der Waals surface area contributed by atoms with Crippen LogP contribution in [0.4, 0.5) is 0 Å². The Hall–Kier alpha value is -1.33. The Bertz CT molecular complexity index is 550. The molecule has 1 rings (SSSR count). The van der Waals surface area contributed by atoms with Crippen molar-refractivity contribution in [3.05, 3.63) is 22.5 Å². The second-order valence-electron chi connectivity index (χ2n) is 6.42. The highest BCUT2D eigenvalue weighted by Gasteiger charge is 2.26. The minimum Gasteiger partial charge on any atom is -0.354 e. The van der Waals surface area contributed by atoms with Crippen molar-refractivity contribution in [2.24, 2.45) is 11.1 Å². The van der Waals surface area contributed by atoms with Crippen LogP contribution in [0.5, 0.6) is 0 Å². The Labute approximate surface area is 139 Å². The molecule has 0 spiro atoms. The number of hydrogen-bond acceptors (Lipinski definition) is 3. The normalized spacial score (nSPS) is 11.0. The summed E-state index contributed by atoms with van der Waals surface area (Å²) in [4.78, 5) is 29.2. The monoisotopic (exact) mass is 329 g/mol. The average molecular weight is 330 g/mol. The molecule has 5 nitrogen and oxygen atoms in total. The number of aromatic amines is 1. The van der Waals surface area contributed by atoms with E-state index in [1.165, 1.54) is 6.92 Å². The van der Waals surface area contributed by atoms with Crippen LogP contribution in [0.25, 0.3) is 0 Å². The summed E-state index contributed by atoms with van der Waals surface area (Å²) in [5.41, 5.74) is 8.33. The third-order valence-electron chi connectivity index (χ3n) is 3.78. The number of nitrogens with zero attached hydrogens (tertiary/aromatic N) is 1.